The topological polar surface area (TPSA) is 159 Å². The molecule has 2 aliphatic rings. The zero-order valence-electron chi connectivity index (χ0n) is 24.6. The number of fused-ring (bicyclic) bond motifs is 2. The zero-order chi connectivity index (χ0) is 30.2. The summed E-state index contributed by atoms with van der Waals surface area (Å²) in [5.74, 6) is 0.273. The molecular weight excluding hydrogens is 543 g/mol. The molecule has 0 saturated carbocycles. The molecule has 1 unspecified atom stereocenters. The summed E-state index contributed by atoms with van der Waals surface area (Å²) in [6, 6.07) is 4.69. The Morgan fingerprint density at radius 3 is 2.79 bits per heavy atom. The lowest BCUT2D eigenvalue weighted by Gasteiger charge is -2.41. The van der Waals surface area contributed by atoms with Crippen molar-refractivity contribution in [3.8, 4) is 17.5 Å². The maximum atomic E-state index is 15.4. The lowest BCUT2D eigenvalue weighted by Crippen LogP contribution is -2.48. The van der Waals surface area contributed by atoms with Crippen LogP contribution in [0.3, 0.4) is 0 Å². The number of aryl methyl sites for hydroxylation is 1. The minimum absolute atomic E-state index is 0.000105. The molecule has 2 saturated heterocycles. The van der Waals surface area contributed by atoms with Gasteiger partial charge in [-0.2, -0.15) is 19.6 Å². The number of nitriles is 1. The van der Waals surface area contributed by atoms with E-state index in [1.54, 1.807) is 13.8 Å². The van der Waals surface area contributed by atoms with Crippen LogP contribution in [0.1, 0.15) is 58.9 Å². The summed E-state index contributed by atoms with van der Waals surface area (Å²) >= 11 is 0. The molecular formula is C28H37FN10O3. The zero-order valence-corrected chi connectivity index (χ0v) is 24.6. The van der Waals surface area contributed by atoms with Crippen molar-refractivity contribution in [3.05, 3.63) is 40.2 Å². The molecule has 14 heteroatoms. The summed E-state index contributed by atoms with van der Waals surface area (Å²) in [5, 5.41) is 33.4. The van der Waals surface area contributed by atoms with Crippen LogP contribution in [0.15, 0.2) is 23.1 Å². The molecule has 0 aliphatic carbocycles. The number of halogens is 1. The molecule has 42 heavy (non-hydrogen) atoms. The van der Waals surface area contributed by atoms with Crippen LogP contribution in [0.5, 0.6) is 5.75 Å². The fraction of sp³-hybridized carbons (Fsp3) is 0.571. The number of nitrogens with zero attached hydrogens (tertiary/aromatic N) is 8. The molecule has 2 fully saturated rings. The van der Waals surface area contributed by atoms with Crippen molar-refractivity contribution < 1.29 is 14.2 Å². The fourth-order valence-electron chi connectivity index (χ4n) is 5.76. The molecule has 224 valence electrons. The van der Waals surface area contributed by atoms with E-state index in [1.807, 2.05) is 0 Å². The molecule has 0 amide bonds. The van der Waals surface area contributed by atoms with E-state index >= 15 is 4.39 Å². The lowest BCUT2D eigenvalue weighted by atomic mass is 9.92. The highest BCUT2D eigenvalue weighted by Gasteiger charge is 2.38. The van der Waals surface area contributed by atoms with Gasteiger partial charge < -0.3 is 20.5 Å². The van der Waals surface area contributed by atoms with Crippen molar-refractivity contribution in [2.24, 2.45) is 13.0 Å². The second kappa shape index (κ2) is 11.3. The van der Waals surface area contributed by atoms with Crippen LogP contribution in [-0.2, 0) is 7.05 Å². The smallest absolute Gasteiger partial charge is 0.368 e. The van der Waals surface area contributed by atoms with Crippen LogP contribution >= 0.6 is 0 Å². The minimum Gasteiger partial charge on any atom is -0.483 e. The first kappa shape index (κ1) is 29.4. The van der Waals surface area contributed by atoms with Crippen molar-refractivity contribution in [2.45, 2.75) is 70.6 Å². The normalized spacial score (nSPS) is 21.7. The van der Waals surface area contributed by atoms with Crippen LogP contribution in [0.2, 0.25) is 0 Å². The summed E-state index contributed by atoms with van der Waals surface area (Å²) in [7, 11) is 1.44. The largest absolute Gasteiger partial charge is 0.483 e. The van der Waals surface area contributed by atoms with Crippen LogP contribution in [0.4, 0.5) is 21.8 Å². The average molecular weight is 581 g/mol. The first-order valence-electron chi connectivity index (χ1n) is 14.1. The van der Waals surface area contributed by atoms with Gasteiger partial charge in [0.2, 0.25) is 5.95 Å². The van der Waals surface area contributed by atoms with Crippen LogP contribution in [0, 0.1) is 23.1 Å². The van der Waals surface area contributed by atoms with E-state index < -0.39 is 17.1 Å². The predicted octanol–water partition coefficient (Wildman–Crippen LogP) is 2.72. The third kappa shape index (κ3) is 6.07. The van der Waals surface area contributed by atoms with E-state index in [2.05, 4.69) is 55.8 Å². The molecule has 3 N–H and O–H groups in total. The van der Waals surface area contributed by atoms with Crippen molar-refractivity contribution in [1.82, 2.24) is 34.7 Å². The SMILES string of the molecule is Cn1nnn(-c2cc(Nc3ncc(C#N)c(N[C@@H]4C[C@H]5CCCN(C5)C(C)(C)C4)n3)c(F)cc2OC(C)(C)CO)c1=O. The van der Waals surface area contributed by atoms with E-state index in [0.717, 1.165) is 41.4 Å². The van der Waals surface area contributed by atoms with Gasteiger partial charge in [-0.05, 0) is 82.3 Å². The number of ether oxygens (including phenoxy) is 1. The van der Waals surface area contributed by atoms with Crippen molar-refractivity contribution in [1.29, 1.82) is 5.26 Å². The van der Waals surface area contributed by atoms with E-state index in [-0.39, 0.29) is 46.8 Å². The standard InChI is InChI=1S/C28H37FN10O3/c1-27(2)12-19(9-17-7-6-8-38(27)15-17)32-24-18(13-30)14-31-25(34-24)33-21-11-22(39-26(41)37(5)35-36-39)23(10-20(21)29)42-28(3,4)16-40/h10-11,14,17,19,40H,6-9,12,15-16H2,1-5H3,(H2,31,32,33,34)/t17-,19-/m1/s1. The van der Waals surface area contributed by atoms with Crippen molar-refractivity contribution in [3.63, 3.8) is 0 Å². The van der Waals surface area contributed by atoms with Crippen molar-refractivity contribution in [2.75, 3.05) is 30.3 Å². The van der Waals surface area contributed by atoms with E-state index in [4.69, 9.17) is 4.74 Å². The number of nitrogens with one attached hydrogen (secondary N) is 2. The summed E-state index contributed by atoms with van der Waals surface area (Å²) in [5.41, 5.74) is -1.31. The average Bonchev–Trinajstić information content (AvgIpc) is 3.23. The number of benzene rings is 1. The molecule has 0 radical (unpaired) electrons. The minimum atomic E-state index is -1.07. The maximum absolute atomic E-state index is 15.4. The summed E-state index contributed by atoms with van der Waals surface area (Å²) < 4.78 is 23.3. The number of aliphatic hydroxyl groups excluding tert-OH is 1. The number of tetrazole rings is 1. The lowest BCUT2D eigenvalue weighted by molar-refractivity contribution is 0.0408. The Labute approximate surface area is 243 Å². The Hall–Kier alpha value is -4.09. The van der Waals surface area contributed by atoms with E-state index in [9.17, 15) is 15.2 Å². The molecule has 2 aromatic heterocycles. The molecule has 4 heterocycles. The Morgan fingerprint density at radius 2 is 2.10 bits per heavy atom. The molecule has 5 rings (SSSR count). The van der Waals surface area contributed by atoms with E-state index in [0.29, 0.717) is 11.7 Å². The summed E-state index contributed by atoms with van der Waals surface area (Å²) in [4.78, 5) is 24.0. The molecule has 0 spiro atoms. The van der Waals surface area contributed by atoms with Crippen LogP contribution in [0.25, 0.3) is 5.69 Å². The number of aliphatic hydroxyl groups is 1. The number of anilines is 3. The predicted molar refractivity (Wildman–Crippen MR) is 153 cm³/mol. The van der Waals surface area contributed by atoms with Gasteiger partial charge in [-0.3, -0.25) is 4.90 Å². The molecule has 3 aromatic rings. The molecule has 3 atom stereocenters. The van der Waals surface area contributed by atoms with Gasteiger partial charge in [-0.25, -0.2) is 14.2 Å². The third-order valence-electron chi connectivity index (χ3n) is 8.00. The summed E-state index contributed by atoms with van der Waals surface area (Å²) in [6.45, 7) is 9.57. The Bertz CT molecular complexity index is 1560. The van der Waals surface area contributed by atoms with Gasteiger partial charge in [-0.15, -0.1) is 0 Å². The second-order valence-electron chi connectivity index (χ2n) is 12.4. The highest BCUT2D eigenvalue weighted by atomic mass is 19.1. The van der Waals surface area contributed by atoms with Gasteiger partial charge >= 0.3 is 5.69 Å². The second-order valence-corrected chi connectivity index (χ2v) is 12.4. The Kier molecular flexibility index (Phi) is 7.91. The molecule has 1 aromatic carbocycles. The monoisotopic (exact) mass is 580 g/mol. The van der Waals surface area contributed by atoms with Gasteiger partial charge in [0.15, 0.2) is 5.82 Å². The number of rotatable bonds is 8. The van der Waals surface area contributed by atoms with Gasteiger partial charge in [0.05, 0.1) is 18.5 Å². The van der Waals surface area contributed by atoms with E-state index in [1.165, 1.54) is 32.2 Å². The fourth-order valence-corrected chi connectivity index (χ4v) is 5.76. The quantitative estimate of drug-likeness (QED) is 0.360. The molecule has 2 bridgehead atoms. The Morgan fingerprint density at radius 1 is 1.31 bits per heavy atom. The van der Waals surface area contributed by atoms with Gasteiger partial charge in [0.25, 0.3) is 0 Å². The first-order valence-corrected chi connectivity index (χ1v) is 14.1. The van der Waals surface area contributed by atoms with Gasteiger partial charge in [0, 0.05) is 31.2 Å². The number of hydrogen-bond acceptors (Lipinski definition) is 11. The maximum Gasteiger partial charge on any atom is 0.368 e. The Balaban J connectivity index is 1.47. The molecule has 13 nitrogen and oxygen atoms in total. The van der Waals surface area contributed by atoms with Crippen LogP contribution in [-0.4, -0.2) is 76.6 Å². The summed E-state index contributed by atoms with van der Waals surface area (Å²) in [6.07, 6.45) is 5.61. The van der Waals surface area contributed by atoms with Gasteiger partial charge in [0.1, 0.15) is 34.5 Å². The van der Waals surface area contributed by atoms with Crippen LogP contribution < -0.4 is 21.1 Å². The first-order chi connectivity index (χ1) is 19.9. The number of hydrogen-bond donors (Lipinski definition) is 3. The third-order valence-corrected chi connectivity index (χ3v) is 8.00. The number of piperidine rings is 1. The highest BCUT2D eigenvalue weighted by Crippen LogP contribution is 2.36. The number of aromatic nitrogens is 6. The van der Waals surface area contributed by atoms with Crippen molar-refractivity contribution >= 4 is 17.5 Å². The highest BCUT2D eigenvalue weighted by molar-refractivity contribution is 5.64. The molecule has 2 aliphatic heterocycles. The van der Waals surface area contributed by atoms with Gasteiger partial charge in [-0.1, -0.05) is 0 Å².